The Balaban J connectivity index is 1.23. The van der Waals surface area contributed by atoms with Crippen LogP contribution in [0.1, 0.15) is 51.4 Å². The lowest BCUT2D eigenvalue weighted by atomic mass is 9.96. The molecule has 5 rings (SSSR count). The molecule has 0 atom stereocenters. The molecule has 0 aliphatic carbocycles. The predicted octanol–water partition coefficient (Wildman–Crippen LogP) is 4.55. The Morgan fingerprint density at radius 1 is 0.829 bits per heavy atom. The molecule has 1 aromatic heterocycles. The zero-order valence-corrected chi connectivity index (χ0v) is 20.4. The van der Waals surface area contributed by atoms with Crippen molar-refractivity contribution in [2.75, 3.05) is 39.3 Å². The number of carbonyl (C=O) groups excluding carboxylic acids is 1. The van der Waals surface area contributed by atoms with E-state index in [4.69, 9.17) is 5.11 Å². The summed E-state index contributed by atoms with van der Waals surface area (Å²) in [6.07, 6.45) is 0.651. The smallest absolute Gasteiger partial charge is 0.407 e. The van der Waals surface area contributed by atoms with Gasteiger partial charge in [0.05, 0.1) is 11.0 Å². The monoisotopic (exact) mass is 490 g/mol. The number of rotatable bonds is 5. The third kappa shape index (κ3) is 5.23. The summed E-state index contributed by atoms with van der Waals surface area (Å²) in [5, 5.41) is 12.0. The molecule has 2 aromatic carbocycles. The molecule has 8 heteroatoms. The Morgan fingerprint density at radius 3 is 1.94 bits per heavy atom. The van der Waals surface area contributed by atoms with Crippen LogP contribution < -0.4 is 0 Å². The zero-order chi connectivity index (χ0) is 24.2. The summed E-state index contributed by atoms with van der Waals surface area (Å²) in [6, 6.07) is 21.3. The number of hydrogen-bond acceptors (Lipinski definition) is 5. The second-order valence-corrected chi connectivity index (χ2v) is 10.1. The van der Waals surface area contributed by atoms with Crippen LogP contribution in [-0.4, -0.2) is 76.1 Å². The van der Waals surface area contributed by atoms with Gasteiger partial charge in [-0.2, -0.15) is 0 Å². The molecule has 35 heavy (non-hydrogen) atoms. The van der Waals surface area contributed by atoms with Gasteiger partial charge < -0.3 is 14.9 Å². The molecule has 2 aliphatic rings. The molecule has 0 radical (unpaired) electrons. The first-order valence-electron chi connectivity index (χ1n) is 12.2. The van der Waals surface area contributed by atoms with Crippen LogP contribution in [0.25, 0.3) is 0 Å². The fourth-order valence-electron chi connectivity index (χ4n) is 5.12. The van der Waals surface area contributed by atoms with Gasteiger partial charge in [-0.05, 0) is 24.0 Å². The highest BCUT2D eigenvalue weighted by Crippen LogP contribution is 2.32. The molecule has 3 heterocycles. The Morgan fingerprint density at radius 2 is 1.40 bits per heavy atom. The predicted molar refractivity (Wildman–Crippen MR) is 136 cm³/mol. The number of thiazole rings is 1. The first-order chi connectivity index (χ1) is 17.1. The summed E-state index contributed by atoms with van der Waals surface area (Å²) in [4.78, 5) is 34.9. The van der Waals surface area contributed by atoms with Crippen molar-refractivity contribution in [3.8, 4) is 0 Å². The number of piperazine rings is 1. The van der Waals surface area contributed by atoms with E-state index in [0.717, 1.165) is 30.9 Å². The van der Waals surface area contributed by atoms with E-state index in [2.05, 4.69) is 58.4 Å². The van der Waals surface area contributed by atoms with Crippen molar-refractivity contribution < 1.29 is 14.7 Å². The highest BCUT2D eigenvalue weighted by molar-refractivity contribution is 7.09. The summed E-state index contributed by atoms with van der Waals surface area (Å²) >= 11 is 1.52. The number of likely N-dealkylation sites (tertiary alicyclic amines) is 1. The van der Waals surface area contributed by atoms with E-state index in [1.807, 2.05) is 22.4 Å². The number of benzene rings is 2. The van der Waals surface area contributed by atoms with Gasteiger partial charge >= 0.3 is 6.09 Å². The van der Waals surface area contributed by atoms with Crippen molar-refractivity contribution in [2.24, 2.45) is 0 Å². The molecule has 7 nitrogen and oxygen atoms in total. The molecule has 2 fully saturated rings. The number of amides is 2. The van der Waals surface area contributed by atoms with Crippen LogP contribution in [0.4, 0.5) is 4.79 Å². The second kappa shape index (κ2) is 10.6. The van der Waals surface area contributed by atoms with Crippen LogP contribution >= 0.6 is 11.3 Å². The van der Waals surface area contributed by atoms with E-state index in [0.29, 0.717) is 31.9 Å². The Bertz CT molecular complexity index is 1100. The number of carbonyl (C=O) groups is 2. The van der Waals surface area contributed by atoms with Crippen LogP contribution in [0.2, 0.25) is 0 Å². The maximum Gasteiger partial charge on any atom is 0.407 e. The maximum atomic E-state index is 13.2. The third-order valence-corrected chi connectivity index (χ3v) is 8.06. The maximum absolute atomic E-state index is 13.2. The molecular formula is C27H30N4O3S. The molecule has 2 amide bonds. The zero-order valence-electron chi connectivity index (χ0n) is 19.6. The number of nitrogens with zero attached hydrogens (tertiary/aromatic N) is 4. The van der Waals surface area contributed by atoms with E-state index in [9.17, 15) is 9.59 Å². The highest BCUT2D eigenvalue weighted by atomic mass is 32.1. The Kier molecular flexibility index (Phi) is 7.11. The fraction of sp³-hybridized carbons (Fsp3) is 0.370. The Hall–Kier alpha value is -3.23. The van der Waals surface area contributed by atoms with Crippen molar-refractivity contribution >= 4 is 23.3 Å². The molecule has 182 valence electrons. The highest BCUT2D eigenvalue weighted by Gasteiger charge is 2.30. The largest absolute Gasteiger partial charge is 0.465 e. The van der Waals surface area contributed by atoms with Gasteiger partial charge in [0.25, 0.3) is 5.91 Å². The van der Waals surface area contributed by atoms with Crippen LogP contribution in [0.3, 0.4) is 0 Å². The van der Waals surface area contributed by atoms with Crippen molar-refractivity contribution in [3.63, 3.8) is 0 Å². The van der Waals surface area contributed by atoms with Crippen LogP contribution in [0, 0.1) is 0 Å². The molecule has 3 aromatic rings. The van der Waals surface area contributed by atoms with Gasteiger partial charge in [-0.25, -0.2) is 9.78 Å². The van der Waals surface area contributed by atoms with Gasteiger partial charge in [0.1, 0.15) is 5.69 Å². The van der Waals surface area contributed by atoms with Crippen molar-refractivity contribution in [2.45, 2.75) is 24.8 Å². The molecule has 0 spiro atoms. The number of carboxylic acid groups (broad SMARTS) is 1. The van der Waals surface area contributed by atoms with Gasteiger partial charge in [0, 0.05) is 50.6 Å². The molecular weight excluding hydrogens is 460 g/mol. The first kappa shape index (κ1) is 23.5. The Labute approximate surface area is 209 Å². The van der Waals surface area contributed by atoms with Crippen LogP contribution in [0.15, 0.2) is 66.0 Å². The topological polar surface area (TPSA) is 77.0 Å². The number of aromatic nitrogens is 1. The van der Waals surface area contributed by atoms with E-state index in [1.165, 1.54) is 27.4 Å². The van der Waals surface area contributed by atoms with Crippen molar-refractivity contribution in [1.82, 2.24) is 19.7 Å². The van der Waals surface area contributed by atoms with Gasteiger partial charge in [-0.3, -0.25) is 9.69 Å². The molecule has 0 bridgehead atoms. The van der Waals surface area contributed by atoms with Crippen LogP contribution in [0.5, 0.6) is 0 Å². The van der Waals surface area contributed by atoms with E-state index in [-0.39, 0.29) is 17.9 Å². The lowest BCUT2D eigenvalue weighted by molar-refractivity contribution is 0.0592. The standard InChI is InChI=1S/C27H30N4O3S/c32-26(23-19-35-25(28-23)22-11-13-31(14-12-22)27(33)34)30-17-15-29(16-18-30)24(20-7-3-1-4-8-20)21-9-5-2-6-10-21/h1-10,19,22,24H,11-18H2,(H,33,34). The van der Waals surface area contributed by atoms with Gasteiger partial charge in [0.15, 0.2) is 0 Å². The molecule has 2 saturated heterocycles. The molecule has 0 saturated carbocycles. The van der Waals surface area contributed by atoms with E-state index < -0.39 is 6.09 Å². The lowest BCUT2D eigenvalue weighted by Crippen LogP contribution is -2.50. The minimum absolute atomic E-state index is 0.00825. The van der Waals surface area contributed by atoms with E-state index in [1.54, 1.807) is 0 Å². The quantitative estimate of drug-likeness (QED) is 0.568. The average Bonchev–Trinajstić information content (AvgIpc) is 3.41. The first-order valence-corrected chi connectivity index (χ1v) is 13.0. The molecule has 2 aliphatic heterocycles. The summed E-state index contributed by atoms with van der Waals surface area (Å²) in [5.41, 5.74) is 3.04. The lowest BCUT2D eigenvalue weighted by Gasteiger charge is -2.39. The van der Waals surface area contributed by atoms with E-state index >= 15 is 0 Å². The summed E-state index contributed by atoms with van der Waals surface area (Å²) in [6.45, 7) is 3.97. The SMILES string of the molecule is O=C(O)N1CCC(c2nc(C(=O)N3CCN(C(c4ccccc4)c4ccccc4)CC3)cs2)CC1. The summed E-state index contributed by atoms with van der Waals surface area (Å²) < 4.78 is 0. The van der Waals surface area contributed by atoms with Gasteiger partial charge in [0.2, 0.25) is 0 Å². The van der Waals surface area contributed by atoms with Crippen LogP contribution in [-0.2, 0) is 0 Å². The minimum atomic E-state index is -0.862. The number of piperidine rings is 1. The van der Waals surface area contributed by atoms with Gasteiger partial charge in [-0.1, -0.05) is 60.7 Å². The van der Waals surface area contributed by atoms with Crippen molar-refractivity contribution in [1.29, 1.82) is 0 Å². The second-order valence-electron chi connectivity index (χ2n) is 9.17. The van der Waals surface area contributed by atoms with Crippen molar-refractivity contribution in [3.05, 3.63) is 87.9 Å². The fourth-order valence-corrected chi connectivity index (χ4v) is 6.09. The molecule has 0 unspecified atom stereocenters. The summed E-state index contributed by atoms with van der Waals surface area (Å²) in [5.74, 6) is 0.220. The number of hydrogen-bond donors (Lipinski definition) is 1. The summed E-state index contributed by atoms with van der Waals surface area (Å²) in [7, 11) is 0. The average molecular weight is 491 g/mol. The minimum Gasteiger partial charge on any atom is -0.465 e. The normalized spacial score (nSPS) is 17.6. The molecule has 1 N–H and O–H groups in total. The van der Waals surface area contributed by atoms with Gasteiger partial charge in [-0.15, -0.1) is 11.3 Å². The third-order valence-electron chi connectivity index (χ3n) is 7.05.